The number of oxazole rings is 1. The number of hydrogen-bond acceptors (Lipinski definition) is 6. The van der Waals surface area contributed by atoms with Gasteiger partial charge in [-0.05, 0) is 49.3 Å². The highest BCUT2D eigenvalue weighted by molar-refractivity contribution is 7.08. The molecule has 1 amide bonds. The molecule has 0 unspecified atom stereocenters. The molecular formula is C20H18ClN3O4S. The Bertz CT molecular complexity index is 1060. The van der Waals surface area contributed by atoms with E-state index in [-0.39, 0.29) is 23.0 Å². The third-order valence-corrected chi connectivity index (χ3v) is 5.86. The summed E-state index contributed by atoms with van der Waals surface area (Å²) in [4.78, 5) is 29.9. The second kappa shape index (κ2) is 7.96. The molecular weight excluding hydrogens is 414 g/mol. The number of nitro benzene ring substituents is 1. The van der Waals surface area contributed by atoms with Crippen molar-refractivity contribution in [3.63, 3.8) is 0 Å². The standard InChI is InChI=1S/C20H18ClN3O4S/c1-12-17(22-20(28-12)14-6-7-29-11-14)9-19(25)23(10-13-2-3-13)15-4-5-16(21)18(8-15)24(26)27/h4-8,11,13H,2-3,9-10H2,1H3. The number of thiophene rings is 1. The summed E-state index contributed by atoms with van der Waals surface area (Å²) in [6.45, 7) is 2.30. The van der Waals surface area contributed by atoms with Gasteiger partial charge in [-0.3, -0.25) is 14.9 Å². The summed E-state index contributed by atoms with van der Waals surface area (Å²) in [6, 6.07) is 6.36. The van der Waals surface area contributed by atoms with Gasteiger partial charge >= 0.3 is 0 Å². The van der Waals surface area contributed by atoms with Crippen molar-refractivity contribution in [3.8, 4) is 11.5 Å². The van der Waals surface area contributed by atoms with E-state index in [1.54, 1.807) is 29.2 Å². The van der Waals surface area contributed by atoms with Crippen LogP contribution in [0.4, 0.5) is 11.4 Å². The molecule has 2 aromatic heterocycles. The van der Waals surface area contributed by atoms with Crippen LogP contribution in [-0.4, -0.2) is 22.4 Å². The summed E-state index contributed by atoms with van der Waals surface area (Å²) in [5, 5.41) is 15.2. The molecule has 1 aliphatic rings. The average molecular weight is 432 g/mol. The maximum Gasteiger partial charge on any atom is 0.289 e. The number of aryl methyl sites for hydroxylation is 1. The van der Waals surface area contributed by atoms with E-state index in [2.05, 4.69) is 4.98 Å². The first-order chi connectivity index (χ1) is 13.9. The molecule has 0 aliphatic heterocycles. The van der Waals surface area contributed by atoms with Gasteiger partial charge < -0.3 is 9.32 Å². The monoisotopic (exact) mass is 431 g/mol. The fourth-order valence-electron chi connectivity index (χ4n) is 3.06. The highest BCUT2D eigenvalue weighted by Gasteiger charge is 2.30. The Morgan fingerprint density at radius 1 is 1.41 bits per heavy atom. The third kappa shape index (κ3) is 4.33. The lowest BCUT2D eigenvalue weighted by Crippen LogP contribution is -2.34. The van der Waals surface area contributed by atoms with Gasteiger partial charge in [-0.25, -0.2) is 4.98 Å². The van der Waals surface area contributed by atoms with Crippen LogP contribution in [0.2, 0.25) is 5.02 Å². The normalized spacial score (nSPS) is 13.4. The largest absolute Gasteiger partial charge is 0.441 e. The molecule has 1 saturated carbocycles. The van der Waals surface area contributed by atoms with E-state index in [1.165, 1.54) is 12.1 Å². The van der Waals surface area contributed by atoms with Crippen LogP contribution in [0.1, 0.15) is 24.3 Å². The van der Waals surface area contributed by atoms with Crippen LogP contribution in [0.25, 0.3) is 11.5 Å². The van der Waals surface area contributed by atoms with Crippen LogP contribution in [0.5, 0.6) is 0 Å². The highest BCUT2D eigenvalue weighted by atomic mass is 35.5. The van der Waals surface area contributed by atoms with E-state index < -0.39 is 4.92 Å². The van der Waals surface area contributed by atoms with E-state index in [4.69, 9.17) is 16.0 Å². The lowest BCUT2D eigenvalue weighted by atomic mass is 10.2. The quantitative estimate of drug-likeness (QED) is 0.376. The fraction of sp³-hybridized carbons (Fsp3) is 0.300. The Morgan fingerprint density at radius 2 is 2.21 bits per heavy atom. The molecule has 2 heterocycles. The van der Waals surface area contributed by atoms with Gasteiger partial charge in [0.05, 0.1) is 22.7 Å². The van der Waals surface area contributed by atoms with Crippen LogP contribution >= 0.6 is 22.9 Å². The van der Waals surface area contributed by atoms with Crippen molar-refractivity contribution in [2.45, 2.75) is 26.2 Å². The Hall–Kier alpha value is -2.71. The van der Waals surface area contributed by atoms with Gasteiger partial charge in [0, 0.05) is 23.6 Å². The number of amides is 1. The van der Waals surface area contributed by atoms with E-state index in [9.17, 15) is 14.9 Å². The van der Waals surface area contributed by atoms with E-state index in [1.807, 2.05) is 16.8 Å². The van der Waals surface area contributed by atoms with Crippen LogP contribution in [0, 0.1) is 23.0 Å². The smallest absolute Gasteiger partial charge is 0.289 e. The van der Waals surface area contributed by atoms with E-state index >= 15 is 0 Å². The Morgan fingerprint density at radius 3 is 2.86 bits per heavy atom. The number of benzene rings is 1. The van der Waals surface area contributed by atoms with E-state index in [0.717, 1.165) is 18.4 Å². The first-order valence-corrected chi connectivity index (χ1v) is 10.5. The molecule has 1 aliphatic carbocycles. The predicted molar refractivity (Wildman–Crippen MR) is 111 cm³/mol. The van der Waals surface area contributed by atoms with Crippen molar-refractivity contribution < 1.29 is 14.1 Å². The van der Waals surface area contributed by atoms with Gasteiger partial charge in [0.1, 0.15) is 10.8 Å². The number of carbonyl (C=O) groups excluding carboxylic acids is 1. The predicted octanol–water partition coefficient (Wildman–Crippen LogP) is 5.26. The Labute approximate surface area is 176 Å². The number of nitro groups is 1. The molecule has 150 valence electrons. The number of halogens is 1. The Kier molecular flexibility index (Phi) is 5.38. The zero-order valence-corrected chi connectivity index (χ0v) is 17.2. The number of anilines is 1. The third-order valence-electron chi connectivity index (χ3n) is 4.86. The molecule has 0 saturated heterocycles. The Balaban J connectivity index is 1.60. The summed E-state index contributed by atoms with van der Waals surface area (Å²) in [7, 11) is 0. The maximum absolute atomic E-state index is 13.1. The van der Waals surface area contributed by atoms with Gasteiger partial charge in [-0.2, -0.15) is 11.3 Å². The first-order valence-electron chi connectivity index (χ1n) is 9.15. The summed E-state index contributed by atoms with van der Waals surface area (Å²) in [5.41, 5.74) is 1.70. The number of nitrogens with zero attached hydrogens (tertiary/aromatic N) is 3. The van der Waals surface area contributed by atoms with E-state index in [0.29, 0.717) is 35.5 Å². The fourth-order valence-corrected chi connectivity index (χ4v) is 3.88. The molecule has 29 heavy (non-hydrogen) atoms. The molecule has 0 bridgehead atoms. The molecule has 1 fully saturated rings. The zero-order valence-electron chi connectivity index (χ0n) is 15.6. The van der Waals surface area contributed by atoms with Gasteiger partial charge in [-0.15, -0.1) is 0 Å². The molecule has 0 N–H and O–H groups in total. The number of carbonyl (C=O) groups is 1. The molecule has 4 rings (SSSR count). The van der Waals surface area contributed by atoms with Crippen LogP contribution in [0.3, 0.4) is 0 Å². The maximum atomic E-state index is 13.1. The van der Waals surface area contributed by atoms with Crippen molar-refractivity contribution >= 4 is 40.2 Å². The number of rotatable bonds is 7. The van der Waals surface area contributed by atoms with Gasteiger partial charge in [0.15, 0.2) is 0 Å². The number of aromatic nitrogens is 1. The molecule has 0 spiro atoms. The van der Waals surface area contributed by atoms with Crippen molar-refractivity contribution in [2.24, 2.45) is 5.92 Å². The average Bonchev–Trinajstić information content (AvgIpc) is 3.19. The topological polar surface area (TPSA) is 89.5 Å². The van der Waals surface area contributed by atoms with Crippen molar-refractivity contribution in [1.29, 1.82) is 0 Å². The molecule has 1 aromatic carbocycles. The molecule has 7 nitrogen and oxygen atoms in total. The molecule has 0 radical (unpaired) electrons. The second-order valence-electron chi connectivity index (χ2n) is 7.05. The number of hydrogen-bond donors (Lipinski definition) is 0. The van der Waals surface area contributed by atoms with Crippen LogP contribution in [0.15, 0.2) is 39.4 Å². The van der Waals surface area contributed by atoms with Crippen molar-refractivity contribution in [3.05, 3.63) is 61.6 Å². The zero-order chi connectivity index (χ0) is 20.5. The van der Waals surface area contributed by atoms with Crippen LogP contribution in [-0.2, 0) is 11.2 Å². The summed E-state index contributed by atoms with van der Waals surface area (Å²) in [6.07, 6.45) is 2.15. The SMILES string of the molecule is Cc1oc(-c2ccsc2)nc1CC(=O)N(CC1CC1)c1ccc(Cl)c([N+](=O)[O-])c1. The van der Waals surface area contributed by atoms with Crippen LogP contribution < -0.4 is 4.90 Å². The van der Waals surface area contributed by atoms with Gasteiger partial charge in [0.25, 0.3) is 5.69 Å². The first kappa shape index (κ1) is 19.6. The lowest BCUT2D eigenvalue weighted by Gasteiger charge is -2.22. The molecule has 9 heteroatoms. The minimum Gasteiger partial charge on any atom is -0.441 e. The molecule has 0 atom stereocenters. The minimum atomic E-state index is -0.541. The molecule has 3 aromatic rings. The van der Waals surface area contributed by atoms with Gasteiger partial charge in [0.2, 0.25) is 11.8 Å². The lowest BCUT2D eigenvalue weighted by molar-refractivity contribution is -0.384. The van der Waals surface area contributed by atoms with Crippen molar-refractivity contribution in [1.82, 2.24) is 4.98 Å². The van der Waals surface area contributed by atoms with Crippen molar-refractivity contribution in [2.75, 3.05) is 11.4 Å². The van der Waals surface area contributed by atoms with Gasteiger partial charge in [-0.1, -0.05) is 11.6 Å². The highest BCUT2D eigenvalue weighted by Crippen LogP contribution is 2.35. The second-order valence-corrected chi connectivity index (χ2v) is 8.24. The minimum absolute atomic E-state index is 0.0466. The summed E-state index contributed by atoms with van der Waals surface area (Å²) < 4.78 is 5.72. The summed E-state index contributed by atoms with van der Waals surface area (Å²) >= 11 is 7.47. The summed E-state index contributed by atoms with van der Waals surface area (Å²) in [5.74, 6) is 1.31.